The van der Waals surface area contributed by atoms with E-state index in [9.17, 15) is 9.59 Å². The molecule has 0 spiro atoms. The van der Waals surface area contributed by atoms with Crippen LogP contribution in [0.25, 0.3) is 0 Å². The quantitative estimate of drug-likeness (QED) is 0.581. The van der Waals surface area contributed by atoms with Crippen LogP contribution in [0.1, 0.15) is 44.2 Å². The third kappa shape index (κ3) is 4.81. The number of hydrogen-bond donors (Lipinski definition) is 1. The summed E-state index contributed by atoms with van der Waals surface area (Å²) in [5.74, 6) is -0.0561. The zero-order valence-corrected chi connectivity index (χ0v) is 10.2. The highest BCUT2D eigenvalue weighted by Gasteiger charge is 2.12. The molecule has 3 heteroatoms. The third-order valence-electron chi connectivity index (χ3n) is 2.62. The summed E-state index contributed by atoms with van der Waals surface area (Å²) in [4.78, 5) is 22.5. The second-order valence-electron chi connectivity index (χ2n) is 4.05. The minimum atomic E-state index is -0.523. The standard InChI is InChI=1S/C14H19NO2/c1-2-3-5-10-14(17)15-13(11-16)12-8-6-4-7-9-12/h4,6-9,11,13H,2-3,5,10H2,1H3,(H,15,17). The average Bonchev–Trinajstić information content (AvgIpc) is 2.37. The van der Waals surface area contributed by atoms with E-state index < -0.39 is 6.04 Å². The first-order valence-corrected chi connectivity index (χ1v) is 6.07. The number of hydrogen-bond acceptors (Lipinski definition) is 2. The molecule has 0 fully saturated rings. The number of rotatable bonds is 7. The molecule has 1 aromatic carbocycles. The van der Waals surface area contributed by atoms with Gasteiger partial charge in [0.1, 0.15) is 12.3 Å². The van der Waals surface area contributed by atoms with Crippen molar-refractivity contribution in [3.8, 4) is 0 Å². The Hall–Kier alpha value is -1.64. The minimum Gasteiger partial charge on any atom is -0.342 e. The van der Waals surface area contributed by atoms with E-state index in [0.717, 1.165) is 31.1 Å². The molecule has 0 bridgehead atoms. The molecule has 17 heavy (non-hydrogen) atoms. The lowest BCUT2D eigenvalue weighted by Crippen LogP contribution is -2.29. The van der Waals surface area contributed by atoms with Gasteiger partial charge in [0.15, 0.2) is 0 Å². The summed E-state index contributed by atoms with van der Waals surface area (Å²) in [7, 11) is 0. The molecular weight excluding hydrogens is 214 g/mol. The van der Waals surface area contributed by atoms with E-state index in [0.29, 0.717) is 6.42 Å². The summed E-state index contributed by atoms with van der Waals surface area (Å²) in [5.41, 5.74) is 0.825. The van der Waals surface area contributed by atoms with Crippen LogP contribution >= 0.6 is 0 Å². The summed E-state index contributed by atoms with van der Waals surface area (Å²) < 4.78 is 0. The van der Waals surface area contributed by atoms with Gasteiger partial charge < -0.3 is 10.1 Å². The van der Waals surface area contributed by atoms with Crippen LogP contribution in [0.15, 0.2) is 30.3 Å². The van der Waals surface area contributed by atoms with E-state index in [-0.39, 0.29) is 5.91 Å². The van der Waals surface area contributed by atoms with Crippen molar-refractivity contribution >= 4 is 12.2 Å². The lowest BCUT2D eigenvalue weighted by atomic mass is 10.1. The molecule has 0 radical (unpaired) electrons. The summed E-state index contributed by atoms with van der Waals surface area (Å²) in [5, 5.41) is 2.73. The van der Waals surface area contributed by atoms with Crippen molar-refractivity contribution in [3.05, 3.63) is 35.9 Å². The molecular formula is C14H19NO2. The lowest BCUT2D eigenvalue weighted by Gasteiger charge is -2.12. The van der Waals surface area contributed by atoms with E-state index in [2.05, 4.69) is 12.2 Å². The number of carbonyl (C=O) groups excluding carboxylic acids is 2. The maximum atomic E-state index is 11.6. The van der Waals surface area contributed by atoms with Gasteiger partial charge in [0, 0.05) is 6.42 Å². The maximum absolute atomic E-state index is 11.6. The fourth-order valence-electron chi connectivity index (χ4n) is 1.64. The number of amides is 1. The normalized spacial score (nSPS) is 11.8. The topological polar surface area (TPSA) is 46.2 Å². The van der Waals surface area contributed by atoms with Crippen molar-refractivity contribution in [3.63, 3.8) is 0 Å². The summed E-state index contributed by atoms with van der Waals surface area (Å²) in [6, 6.07) is 8.75. The van der Waals surface area contributed by atoms with Crippen molar-refractivity contribution in [1.29, 1.82) is 0 Å². The monoisotopic (exact) mass is 233 g/mol. The molecule has 0 heterocycles. The molecule has 1 unspecified atom stereocenters. The van der Waals surface area contributed by atoms with Crippen LogP contribution in [-0.2, 0) is 9.59 Å². The second-order valence-corrected chi connectivity index (χ2v) is 4.05. The number of aldehydes is 1. The number of unbranched alkanes of at least 4 members (excludes halogenated alkanes) is 2. The molecule has 0 aromatic heterocycles. The number of carbonyl (C=O) groups is 2. The van der Waals surface area contributed by atoms with Crippen molar-refractivity contribution in [1.82, 2.24) is 5.32 Å². The van der Waals surface area contributed by atoms with Gasteiger partial charge in [-0.3, -0.25) is 4.79 Å². The molecule has 92 valence electrons. The van der Waals surface area contributed by atoms with Crippen LogP contribution in [0.3, 0.4) is 0 Å². The van der Waals surface area contributed by atoms with Gasteiger partial charge in [-0.2, -0.15) is 0 Å². The molecule has 0 aliphatic heterocycles. The Labute approximate surface area is 102 Å². The van der Waals surface area contributed by atoms with E-state index in [4.69, 9.17) is 0 Å². The van der Waals surface area contributed by atoms with E-state index >= 15 is 0 Å². The average molecular weight is 233 g/mol. The van der Waals surface area contributed by atoms with Crippen LogP contribution in [0.5, 0.6) is 0 Å². The van der Waals surface area contributed by atoms with E-state index in [1.807, 2.05) is 30.3 Å². The highest BCUT2D eigenvalue weighted by atomic mass is 16.2. The van der Waals surface area contributed by atoms with Gasteiger partial charge in [0.05, 0.1) is 0 Å². The molecule has 0 aliphatic carbocycles. The predicted molar refractivity (Wildman–Crippen MR) is 67.5 cm³/mol. The molecule has 1 aromatic rings. The zero-order valence-electron chi connectivity index (χ0n) is 10.2. The molecule has 0 saturated heterocycles. The smallest absolute Gasteiger partial charge is 0.220 e. The fourth-order valence-corrected chi connectivity index (χ4v) is 1.64. The summed E-state index contributed by atoms with van der Waals surface area (Å²) in [6.45, 7) is 2.09. The SMILES string of the molecule is CCCCCC(=O)NC(C=O)c1ccccc1. The highest BCUT2D eigenvalue weighted by molar-refractivity contribution is 5.80. The number of nitrogens with one attached hydrogen (secondary N) is 1. The van der Waals surface area contributed by atoms with Gasteiger partial charge >= 0.3 is 0 Å². The molecule has 1 amide bonds. The first kappa shape index (κ1) is 13.4. The van der Waals surface area contributed by atoms with Gasteiger partial charge in [-0.15, -0.1) is 0 Å². The zero-order chi connectivity index (χ0) is 12.5. The predicted octanol–water partition coefficient (Wildman–Crippen LogP) is 2.62. The second kappa shape index (κ2) is 7.60. The Balaban J connectivity index is 2.47. The van der Waals surface area contributed by atoms with E-state index in [1.54, 1.807) is 0 Å². The van der Waals surface area contributed by atoms with Gasteiger partial charge in [0.2, 0.25) is 5.91 Å². The Kier molecular flexibility index (Phi) is 6.00. The van der Waals surface area contributed by atoms with Gasteiger partial charge in [0.25, 0.3) is 0 Å². The van der Waals surface area contributed by atoms with Gasteiger partial charge in [-0.1, -0.05) is 50.1 Å². The van der Waals surface area contributed by atoms with Crippen LogP contribution in [0.4, 0.5) is 0 Å². The third-order valence-corrected chi connectivity index (χ3v) is 2.62. The maximum Gasteiger partial charge on any atom is 0.220 e. The molecule has 1 N–H and O–H groups in total. The Morgan fingerprint density at radius 3 is 2.59 bits per heavy atom. The summed E-state index contributed by atoms with van der Waals surface area (Å²) in [6.07, 6.45) is 4.27. The largest absolute Gasteiger partial charge is 0.342 e. The molecule has 3 nitrogen and oxygen atoms in total. The first-order chi connectivity index (χ1) is 8.27. The van der Waals surface area contributed by atoms with Crippen LogP contribution in [0.2, 0.25) is 0 Å². The van der Waals surface area contributed by atoms with Crippen molar-refractivity contribution < 1.29 is 9.59 Å². The highest BCUT2D eigenvalue weighted by Crippen LogP contribution is 2.10. The molecule has 1 atom stereocenters. The summed E-state index contributed by atoms with van der Waals surface area (Å²) >= 11 is 0. The van der Waals surface area contributed by atoms with Crippen molar-refractivity contribution in [2.75, 3.05) is 0 Å². The number of benzene rings is 1. The molecule has 0 aliphatic rings. The van der Waals surface area contributed by atoms with E-state index in [1.165, 1.54) is 0 Å². The Morgan fingerprint density at radius 2 is 2.00 bits per heavy atom. The van der Waals surface area contributed by atoms with Crippen LogP contribution in [-0.4, -0.2) is 12.2 Å². The fraction of sp³-hybridized carbons (Fsp3) is 0.429. The molecule has 1 rings (SSSR count). The van der Waals surface area contributed by atoms with Crippen molar-refractivity contribution in [2.45, 2.75) is 38.6 Å². The van der Waals surface area contributed by atoms with Crippen LogP contribution in [0, 0.1) is 0 Å². The molecule has 0 saturated carbocycles. The Bertz CT molecular complexity index is 348. The first-order valence-electron chi connectivity index (χ1n) is 6.07. The van der Waals surface area contributed by atoms with Crippen molar-refractivity contribution in [2.24, 2.45) is 0 Å². The van der Waals surface area contributed by atoms with Crippen LogP contribution < -0.4 is 5.32 Å². The lowest BCUT2D eigenvalue weighted by molar-refractivity contribution is -0.124. The van der Waals surface area contributed by atoms with Gasteiger partial charge in [-0.25, -0.2) is 0 Å². The minimum absolute atomic E-state index is 0.0561. The van der Waals surface area contributed by atoms with Gasteiger partial charge in [-0.05, 0) is 12.0 Å². The Morgan fingerprint density at radius 1 is 1.29 bits per heavy atom.